The molecule has 3 nitrogen and oxygen atoms in total. The number of nitrogens with zero attached hydrogens (tertiary/aromatic N) is 1. The van der Waals surface area contributed by atoms with Crippen molar-refractivity contribution in [3.63, 3.8) is 0 Å². The Morgan fingerprint density at radius 2 is 2.17 bits per heavy atom. The van der Waals surface area contributed by atoms with E-state index in [1.54, 1.807) is 17.0 Å². The second-order valence-corrected chi connectivity index (χ2v) is 7.16. The maximum Gasteiger partial charge on any atom is 0.212 e. The first-order valence-electron chi connectivity index (χ1n) is 9.58. The molecule has 2 unspecified atom stereocenters. The third-order valence-electron chi connectivity index (χ3n) is 4.45. The van der Waals surface area contributed by atoms with Crippen molar-refractivity contribution in [3.05, 3.63) is 47.3 Å². The predicted octanol–water partition coefficient (Wildman–Crippen LogP) is 3.12. The molecule has 1 aromatic carbocycles. The van der Waals surface area contributed by atoms with Crippen molar-refractivity contribution in [3.8, 4) is 0 Å². The zero-order valence-electron chi connectivity index (χ0n) is 16.3. The van der Waals surface area contributed by atoms with Gasteiger partial charge in [-0.1, -0.05) is 30.0 Å². The van der Waals surface area contributed by atoms with Crippen molar-refractivity contribution in [1.82, 2.24) is 4.90 Å². The van der Waals surface area contributed by atoms with Crippen molar-refractivity contribution >= 4 is 22.7 Å². The highest BCUT2D eigenvalue weighted by atomic mass is 32.2. The third kappa shape index (κ3) is 2.88. The SMILES string of the molecule is [2H]C1([2H])C(C(=O)C(c2ccccc2F)N2CCC3SC(=O)C=C3C2)C1([2H])[2H]. The van der Waals surface area contributed by atoms with Crippen LogP contribution in [-0.2, 0) is 9.59 Å². The molecule has 5 heteroatoms. The van der Waals surface area contributed by atoms with Gasteiger partial charge in [-0.25, -0.2) is 4.39 Å². The molecule has 1 saturated heterocycles. The molecule has 23 heavy (non-hydrogen) atoms. The number of Topliss-reactive ketones (excluding diaryl/α,β-unsaturated/α-hetero) is 1. The summed E-state index contributed by atoms with van der Waals surface area (Å²) in [5.41, 5.74) is 1.00. The van der Waals surface area contributed by atoms with Crippen LogP contribution >= 0.6 is 11.8 Å². The summed E-state index contributed by atoms with van der Waals surface area (Å²) in [7, 11) is 0. The van der Waals surface area contributed by atoms with E-state index in [4.69, 9.17) is 5.48 Å². The summed E-state index contributed by atoms with van der Waals surface area (Å²) < 4.78 is 45.7. The monoisotopic (exact) mass is 335 g/mol. The van der Waals surface area contributed by atoms with Gasteiger partial charge < -0.3 is 0 Å². The number of thioether (sulfide) groups is 1. The van der Waals surface area contributed by atoms with Crippen LogP contribution in [0.1, 0.15) is 36.3 Å². The molecule has 4 rings (SSSR count). The smallest absolute Gasteiger partial charge is 0.212 e. The number of fused-ring (bicyclic) bond motifs is 1. The summed E-state index contributed by atoms with van der Waals surface area (Å²) in [4.78, 5) is 26.6. The summed E-state index contributed by atoms with van der Waals surface area (Å²) in [6, 6.07) is 4.77. The van der Waals surface area contributed by atoms with Gasteiger partial charge in [0.15, 0.2) is 5.78 Å². The number of hydrogen-bond donors (Lipinski definition) is 0. The standard InChI is InChI=1S/C18H18FNO2S/c19-14-4-2-1-3-13(14)17(18(22)11-5-6-11)20-8-7-15-12(10-20)9-16(21)23-15/h1-4,9,11,15,17H,5-8,10H2/i5D2,6D2. The molecule has 3 aliphatic rings. The van der Waals surface area contributed by atoms with E-state index in [0.717, 1.165) is 5.57 Å². The first kappa shape index (κ1) is 11.2. The minimum absolute atomic E-state index is 0.0273. The minimum atomic E-state index is -2.26. The number of halogens is 1. The van der Waals surface area contributed by atoms with Crippen molar-refractivity contribution in [2.45, 2.75) is 30.5 Å². The Labute approximate surface area is 144 Å². The van der Waals surface area contributed by atoms with Gasteiger partial charge in [-0.05, 0) is 36.9 Å². The molecule has 2 aliphatic heterocycles. The van der Waals surface area contributed by atoms with Crippen LogP contribution in [-0.4, -0.2) is 34.1 Å². The quantitative estimate of drug-likeness (QED) is 0.847. The predicted molar refractivity (Wildman–Crippen MR) is 87.5 cm³/mol. The van der Waals surface area contributed by atoms with Crippen LogP contribution in [0.4, 0.5) is 4.39 Å². The fourth-order valence-electron chi connectivity index (χ4n) is 3.27. The minimum Gasteiger partial charge on any atom is -0.297 e. The molecule has 2 atom stereocenters. The summed E-state index contributed by atoms with van der Waals surface area (Å²) in [6.07, 6.45) is -2.33. The number of hydrogen-bond acceptors (Lipinski definition) is 4. The molecular weight excluding hydrogens is 313 g/mol. The van der Waals surface area contributed by atoms with Crippen LogP contribution in [0, 0.1) is 11.7 Å². The maximum absolute atomic E-state index is 14.5. The molecule has 0 amide bonds. The summed E-state index contributed by atoms with van der Waals surface area (Å²) in [5.74, 6) is -2.65. The highest BCUT2D eigenvalue weighted by Crippen LogP contribution is 2.41. The van der Waals surface area contributed by atoms with Crippen LogP contribution < -0.4 is 0 Å². The number of carbonyl (C=O) groups is 2. The van der Waals surface area contributed by atoms with E-state index in [2.05, 4.69) is 0 Å². The van der Waals surface area contributed by atoms with Crippen LogP contribution in [0.15, 0.2) is 35.9 Å². The van der Waals surface area contributed by atoms with Crippen LogP contribution in [0.3, 0.4) is 0 Å². The normalized spacial score (nSPS) is 32.8. The second-order valence-electron chi connectivity index (χ2n) is 5.95. The lowest BCUT2D eigenvalue weighted by Gasteiger charge is -2.37. The van der Waals surface area contributed by atoms with E-state index in [1.165, 1.54) is 30.0 Å². The molecule has 0 radical (unpaired) electrons. The van der Waals surface area contributed by atoms with Gasteiger partial charge in [-0.15, -0.1) is 0 Å². The van der Waals surface area contributed by atoms with Gasteiger partial charge in [0.05, 0.1) is 6.04 Å². The van der Waals surface area contributed by atoms with Gasteiger partial charge in [0.1, 0.15) is 5.82 Å². The molecule has 2 fully saturated rings. The summed E-state index contributed by atoms with van der Waals surface area (Å²) in [6.45, 7) is 0.763. The number of ketones is 1. The van der Waals surface area contributed by atoms with Crippen molar-refractivity contribution < 1.29 is 19.5 Å². The first-order valence-corrected chi connectivity index (χ1v) is 8.46. The average Bonchev–Trinajstić information content (AvgIpc) is 2.85. The molecule has 2 heterocycles. The molecule has 0 aromatic heterocycles. The number of piperidine rings is 1. The second kappa shape index (κ2) is 5.87. The van der Waals surface area contributed by atoms with Crippen molar-refractivity contribution in [1.29, 1.82) is 0 Å². The number of carbonyl (C=O) groups excluding carboxylic acids is 2. The Morgan fingerprint density at radius 1 is 1.39 bits per heavy atom. The average molecular weight is 335 g/mol. The van der Waals surface area contributed by atoms with E-state index in [1.807, 2.05) is 0 Å². The number of likely N-dealkylation sites (tertiary alicyclic amines) is 1. The Morgan fingerprint density at radius 3 is 2.91 bits per heavy atom. The van der Waals surface area contributed by atoms with Crippen LogP contribution in [0.25, 0.3) is 0 Å². The topological polar surface area (TPSA) is 37.4 Å². The first-order chi connectivity index (χ1) is 12.6. The third-order valence-corrected chi connectivity index (χ3v) is 5.62. The Hall–Kier alpha value is -1.46. The fraction of sp³-hybridized carbons (Fsp3) is 0.444. The van der Waals surface area contributed by atoms with E-state index in [-0.39, 0.29) is 15.9 Å². The van der Waals surface area contributed by atoms with Gasteiger partial charge in [0.25, 0.3) is 0 Å². The molecule has 1 aromatic rings. The number of rotatable bonds is 4. The lowest BCUT2D eigenvalue weighted by Crippen LogP contribution is -2.42. The lowest BCUT2D eigenvalue weighted by molar-refractivity contribution is -0.126. The van der Waals surface area contributed by atoms with E-state index >= 15 is 0 Å². The lowest BCUT2D eigenvalue weighted by atomic mass is 9.94. The highest BCUT2D eigenvalue weighted by Gasteiger charge is 2.42. The van der Waals surface area contributed by atoms with E-state index in [0.29, 0.717) is 19.5 Å². The zero-order chi connectivity index (χ0) is 19.6. The molecule has 0 N–H and O–H groups in total. The Kier molecular flexibility index (Phi) is 2.85. The van der Waals surface area contributed by atoms with Crippen LogP contribution in [0.5, 0.6) is 0 Å². The number of benzene rings is 1. The van der Waals surface area contributed by atoms with E-state index < -0.39 is 36.3 Å². The van der Waals surface area contributed by atoms with Gasteiger partial charge in [0.2, 0.25) is 5.12 Å². The van der Waals surface area contributed by atoms with E-state index in [9.17, 15) is 14.0 Å². The summed E-state index contributed by atoms with van der Waals surface area (Å²) >= 11 is 1.25. The van der Waals surface area contributed by atoms with Gasteiger partial charge in [0, 0.05) is 35.3 Å². The van der Waals surface area contributed by atoms with Crippen LogP contribution in [0.2, 0.25) is 0 Å². The molecule has 1 saturated carbocycles. The molecule has 0 spiro atoms. The van der Waals surface area contributed by atoms with Gasteiger partial charge in [-0.2, -0.15) is 0 Å². The zero-order valence-corrected chi connectivity index (χ0v) is 13.1. The molecule has 1 aliphatic carbocycles. The van der Waals surface area contributed by atoms with Gasteiger partial charge in [-0.3, -0.25) is 14.5 Å². The molecular formula is C18H18FNO2S. The summed E-state index contributed by atoms with van der Waals surface area (Å²) in [5, 5.41) is 0.0457. The van der Waals surface area contributed by atoms with Gasteiger partial charge >= 0.3 is 0 Å². The maximum atomic E-state index is 14.5. The molecule has 0 bridgehead atoms. The molecule has 120 valence electrons. The van der Waals surface area contributed by atoms with Crippen molar-refractivity contribution in [2.75, 3.05) is 13.1 Å². The Bertz CT molecular complexity index is 846. The Balaban J connectivity index is 1.70. The highest BCUT2D eigenvalue weighted by molar-refractivity contribution is 8.15. The van der Waals surface area contributed by atoms with Crippen molar-refractivity contribution in [2.24, 2.45) is 5.92 Å². The largest absolute Gasteiger partial charge is 0.297 e. The fourth-order valence-corrected chi connectivity index (χ4v) is 4.29.